The summed E-state index contributed by atoms with van der Waals surface area (Å²) in [7, 11) is 0. The fraction of sp³-hybridized carbons (Fsp3) is 0.333. The van der Waals surface area contributed by atoms with Crippen LogP contribution in [0.2, 0.25) is 0 Å². The van der Waals surface area contributed by atoms with Gasteiger partial charge in [0, 0.05) is 19.6 Å². The van der Waals surface area contributed by atoms with E-state index in [4.69, 9.17) is 14.2 Å². The van der Waals surface area contributed by atoms with Crippen LogP contribution in [0.15, 0.2) is 91.0 Å². The number of morpholine rings is 1. The normalized spacial score (nSPS) is 25.5. The Hall–Kier alpha value is -2.50. The fourth-order valence-electron chi connectivity index (χ4n) is 4.59. The maximum absolute atomic E-state index is 6.43. The van der Waals surface area contributed by atoms with Crippen molar-refractivity contribution in [3.05, 3.63) is 108 Å². The second-order valence-corrected chi connectivity index (χ2v) is 8.42. The average molecular weight is 416 g/mol. The first-order valence-corrected chi connectivity index (χ1v) is 11.1. The van der Waals surface area contributed by atoms with Crippen LogP contribution in [-0.2, 0) is 34.0 Å². The van der Waals surface area contributed by atoms with E-state index in [9.17, 15) is 0 Å². The lowest BCUT2D eigenvalue weighted by atomic mass is 10.1. The molecule has 0 aromatic heterocycles. The van der Waals surface area contributed by atoms with Crippen molar-refractivity contribution in [3.63, 3.8) is 0 Å². The molecule has 4 atom stereocenters. The Bertz CT molecular complexity index is 877. The van der Waals surface area contributed by atoms with Crippen molar-refractivity contribution < 1.29 is 14.2 Å². The minimum absolute atomic E-state index is 0.0203. The first kappa shape index (κ1) is 20.4. The number of hydrogen-bond donors (Lipinski definition) is 0. The van der Waals surface area contributed by atoms with E-state index in [-0.39, 0.29) is 24.4 Å². The van der Waals surface area contributed by atoms with Gasteiger partial charge in [-0.2, -0.15) is 0 Å². The number of nitrogens with zero attached hydrogens (tertiary/aromatic N) is 1. The molecule has 0 radical (unpaired) electrons. The standard InChI is InChI=1S/C27H29NO3/c1-4-10-21(11-5-1)16-28-17-24-26(29-19-22-12-6-2-7-13-22)27(25(18-28)31-24)30-20-23-14-8-3-9-15-23/h1-15,24-27H,16-20H2/t24-,25+,26-,27-/m1/s1. The van der Waals surface area contributed by atoms with Gasteiger partial charge in [-0.05, 0) is 16.7 Å². The third-order valence-corrected chi connectivity index (χ3v) is 6.10. The zero-order valence-electron chi connectivity index (χ0n) is 17.7. The van der Waals surface area contributed by atoms with Crippen molar-refractivity contribution in [2.45, 2.75) is 44.2 Å². The Morgan fingerprint density at radius 1 is 0.613 bits per heavy atom. The van der Waals surface area contributed by atoms with Crippen molar-refractivity contribution in [1.29, 1.82) is 0 Å². The molecule has 31 heavy (non-hydrogen) atoms. The summed E-state index contributed by atoms with van der Waals surface area (Å²) in [6, 6.07) is 31.3. The number of benzene rings is 3. The van der Waals surface area contributed by atoms with E-state index in [1.54, 1.807) is 0 Å². The lowest BCUT2D eigenvalue weighted by molar-refractivity contribution is -0.0778. The summed E-state index contributed by atoms with van der Waals surface area (Å²) in [6.07, 6.45) is -0.108. The molecule has 2 fully saturated rings. The second kappa shape index (κ2) is 9.75. The van der Waals surface area contributed by atoms with Crippen LogP contribution in [0.5, 0.6) is 0 Å². The van der Waals surface area contributed by atoms with Crippen LogP contribution in [0.4, 0.5) is 0 Å². The monoisotopic (exact) mass is 415 g/mol. The molecule has 0 saturated carbocycles. The molecule has 2 saturated heterocycles. The van der Waals surface area contributed by atoms with Crippen molar-refractivity contribution in [3.8, 4) is 0 Å². The Labute approximate surface area is 184 Å². The molecule has 2 aliphatic rings. The van der Waals surface area contributed by atoms with Gasteiger partial charge < -0.3 is 14.2 Å². The van der Waals surface area contributed by atoms with Gasteiger partial charge in [0.2, 0.25) is 0 Å². The van der Waals surface area contributed by atoms with E-state index in [0.717, 1.165) is 19.6 Å². The zero-order valence-corrected chi connectivity index (χ0v) is 17.7. The molecule has 4 heteroatoms. The molecule has 3 aromatic rings. The van der Waals surface area contributed by atoms with Gasteiger partial charge in [0.1, 0.15) is 12.2 Å². The van der Waals surface area contributed by atoms with Crippen molar-refractivity contribution in [2.75, 3.05) is 13.1 Å². The topological polar surface area (TPSA) is 30.9 Å². The molecule has 0 spiro atoms. The molecular weight excluding hydrogens is 386 g/mol. The highest BCUT2D eigenvalue weighted by Crippen LogP contribution is 2.33. The number of fused-ring (bicyclic) bond motifs is 2. The summed E-state index contributed by atoms with van der Waals surface area (Å²) in [5.74, 6) is 0. The van der Waals surface area contributed by atoms with E-state index in [1.165, 1.54) is 16.7 Å². The lowest BCUT2D eigenvalue weighted by Crippen LogP contribution is -2.44. The summed E-state index contributed by atoms with van der Waals surface area (Å²) in [5.41, 5.74) is 3.67. The average Bonchev–Trinajstić information content (AvgIpc) is 3.07. The summed E-state index contributed by atoms with van der Waals surface area (Å²) < 4.78 is 19.2. The summed E-state index contributed by atoms with van der Waals surface area (Å²) >= 11 is 0. The van der Waals surface area contributed by atoms with Crippen LogP contribution < -0.4 is 0 Å². The van der Waals surface area contributed by atoms with E-state index in [1.807, 2.05) is 36.4 Å². The van der Waals surface area contributed by atoms with Crippen LogP contribution in [-0.4, -0.2) is 42.4 Å². The molecule has 3 aromatic carbocycles. The van der Waals surface area contributed by atoms with Crippen LogP contribution in [0.1, 0.15) is 16.7 Å². The third-order valence-electron chi connectivity index (χ3n) is 6.10. The highest BCUT2D eigenvalue weighted by molar-refractivity contribution is 5.16. The van der Waals surface area contributed by atoms with Gasteiger partial charge in [-0.3, -0.25) is 4.90 Å². The van der Waals surface area contributed by atoms with Crippen molar-refractivity contribution in [1.82, 2.24) is 4.90 Å². The maximum atomic E-state index is 6.43. The first-order valence-electron chi connectivity index (χ1n) is 11.1. The maximum Gasteiger partial charge on any atom is 0.114 e. The summed E-state index contributed by atoms with van der Waals surface area (Å²) in [4.78, 5) is 2.47. The lowest BCUT2D eigenvalue weighted by Gasteiger charge is -2.32. The largest absolute Gasteiger partial charge is 0.368 e. The van der Waals surface area contributed by atoms with Gasteiger partial charge in [0.15, 0.2) is 0 Å². The molecule has 4 nitrogen and oxygen atoms in total. The molecule has 2 bridgehead atoms. The molecule has 2 heterocycles. The van der Waals surface area contributed by atoms with E-state index < -0.39 is 0 Å². The molecule has 160 valence electrons. The minimum atomic E-state index is -0.0744. The number of hydrogen-bond acceptors (Lipinski definition) is 4. The van der Waals surface area contributed by atoms with Crippen LogP contribution >= 0.6 is 0 Å². The van der Waals surface area contributed by atoms with Gasteiger partial charge in [-0.15, -0.1) is 0 Å². The second-order valence-electron chi connectivity index (χ2n) is 8.42. The Morgan fingerprint density at radius 2 is 1.03 bits per heavy atom. The number of rotatable bonds is 8. The smallest absolute Gasteiger partial charge is 0.114 e. The Balaban J connectivity index is 1.29. The van der Waals surface area contributed by atoms with Crippen LogP contribution in [0, 0.1) is 0 Å². The summed E-state index contributed by atoms with van der Waals surface area (Å²) in [6.45, 7) is 3.78. The zero-order chi connectivity index (χ0) is 20.9. The number of ether oxygens (including phenoxy) is 3. The van der Waals surface area contributed by atoms with Gasteiger partial charge >= 0.3 is 0 Å². The first-order chi connectivity index (χ1) is 15.3. The fourth-order valence-corrected chi connectivity index (χ4v) is 4.59. The van der Waals surface area contributed by atoms with Gasteiger partial charge in [0.05, 0.1) is 25.4 Å². The quantitative estimate of drug-likeness (QED) is 0.544. The van der Waals surface area contributed by atoms with Crippen LogP contribution in [0.25, 0.3) is 0 Å². The van der Waals surface area contributed by atoms with E-state index in [2.05, 4.69) is 59.5 Å². The van der Waals surface area contributed by atoms with E-state index in [0.29, 0.717) is 13.2 Å². The molecule has 0 aliphatic carbocycles. The minimum Gasteiger partial charge on any atom is -0.368 e. The Kier molecular flexibility index (Phi) is 6.42. The molecule has 0 amide bonds. The summed E-state index contributed by atoms with van der Waals surface area (Å²) in [5, 5.41) is 0. The van der Waals surface area contributed by atoms with Gasteiger partial charge in [-0.1, -0.05) is 91.0 Å². The van der Waals surface area contributed by atoms with E-state index >= 15 is 0 Å². The third kappa shape index (κ3) is 5.05. The van der Waals surface area contributed by atoms with Crippen molar-refractivity contribution in [2.24, 2.45) is 0 Å². The predicted molar refractivity (Wildman–Crippen MR) is 120 cm³/mol. The Morgan fingerprint density at radius 3 is 1.48 bits per heavy atom. The molecule has 0 unspecified atom stereocenters. The molecular formula is C27H29NO3. The highest BCUT2D eigenvalue weighted by atomic mass is 16.6. The van der Waals surface area contributed by atoms with Crippen LogP contribution in [0.3, 0.4) is 0 Å². The highest BCUT2D eigenvalue weighted by Gasteiger charge is 2.50. The SMILES string of the molecule is c1ccc(CO[C@H]2[C@H](OCc3ccccc3)[C@H]3CN(Cc4ccccc4)C[C@@H]2O3)cc1. The predicted octanol–water partition coefficient (Wildman–Crippen LogP) is 4.44. The number of likely N-dealkylation sites (tertiary alicyclic amines) is 1. The molecule has 2 aliphatic heterocycles. The van der Waals surface area contributed by atoms with Gasteiger partial charge in [0.25, 0.3) is 0 Å². The molecule has 5 rings (SSSR count). The molecule has 0 N–H and O–H groups in total. The van der Waals surface area contributed by atoms with Crippen molar-refractivity contribution >= 4 is 0 Å². The van der Waals surface area contributed by atoms with Gasteiger partial charge in [-0.25, -0.2) is 0 Å².